The fourth-order valence-electron chi connectivity index (χ4n) is 7.68. The van der Waals surface area contributed by atoms with Crippen molar-refractivity contribution in [1.29, 1.82) is 0 Å². The number of hydrogen-bond acceptors (Lipinski definition) is 4. The summed E-state index contributed by atoms with van der Waals surface area (Å²) in [6, 6.07) is 57.5. The quantitative estimate of drug-likeness (QED) is 0.189. The fourth-order valence-corrected chi connectivity index (χ4v) is 7.68. The van der Waals surface area contributed by atoms with Gasteiger partial charge in [0.15, 0.2) is 0 Å². The largest absolute Gasteiger partial charge is 0.255 e. The average Bonchev–Trinajstić information content (AvgIpc) is 3.53. The highest BCUT2D eigenvalue weighted by atomic mass is 15.1. The molecule has 6 aromatic carbocycles. The molecule has 0 spiro atoms. The predicted molar refractivity (Wildman–Crippen MR) is 204 cm³/mol. The number of benzene rings is 6. The standard InChI is InChI=1S/C46H28N4/c1-3-13-29(14-4-1)42-33-17-7-8-18-34(33)43(30-15-5-2-6-16-30)46-36-25-24-31(32-19-11-20-35(44(32)36)45(42)46)37-26-27-41(50-49-37)40-23-12-22-39(48-40)38-21-9-10-28-47-38/h1-28H. The Morgan fingerprint density at radius 2 is 0.820 bits per heavy atom. The van der Waals surface area contributed by atoms with E-state index in [1.165, 1.54) is 60.7 Å². The zero-order valence-electron chi connectivity index (χ0n) is 27.0. The van der Waals surface area contributed by atoms with Crippen molar-refractivity contribution in [3.05, 3.63) is 170 Å². The van der Waals surface area contributed by atoms with E-state index in [-0.39, 0.29) is 0 Å². The second-order valence-corrected chi connectivity index (χ2v) is 12.6. The third kappa shape index (κ3) is 4.39. The zero-order chi connectivity index (χ0) is 33.0. The summed E-state index contributed by atoms with van der Waals surface area (Å²) < 4.78 is 0. The summed E-state index contributed by atoms with van der Waals surface area (Å²) in [5.74, 6) is 0. The molecular formula is C46H28N4. The average molecular weight is 637 g/mol. The molecule has 0 bridgehead atoms. The SMILES string of the molecule is c1ccc(-c2c3c(c(-c4ccccc4)c4ccccc24)-c2ccc(-c4ccc(-c5cccc(-c6ccccn6)n5)nn4)c4cccc-3c24)cc1. The molecule has 10 rings (SSSR count). The van der Waals surface area contributed by atoms with Crippen LogP contribution in [0.15, 0.2) is 170 Å². The molecule has 50 heavy (non-hydrogen) atoms. The molecule has 0 unspecified atom stereocenters. The van der Waals surface area contributed by atoms with Crippen molar-refractivity contribution < 1.29 is 0 Å². The Balaban J connectivity index is 1.17. The number of rotatable bonds is 5. The van der Waals surface area contributed by atoms with Crippen LogP contribution in [0.4, 0.5) is 0 Å². The van der Waals surface area contributed by atoms with Gasteiger partial charge in [0, 0.05) is 11.8 Å². The number of aromatic nitrogens is 4. The molecule has 3 heterocycles. The van der Waals surface area contributed by atoms with E-state index in [1.807, 2.05) is 42.5 Å². The lowest BCUT2D eigenvalue weighted by Crippen LogP contribution is -1.95. The summed E-state index contributed by atoms with van der Waals surface area (Å²) >= 11 is 0. The Hall–Kier alpha value is -6.78. The van der Waals surface area contributed by atoms with Gasteiger partial charge in [-0.3, -0.25) is 4.98 Å². The lowest BCUT2D eigenvalue weighted by atomic mass is 9.82. The van der Waals surface area contributed by atoms with E-state index < -0.39 is 0 Å². The first kappa shape index (κ1) is 28.3. The topological polar surface area (TPSA) is 51.6 Å². The highest BCUT2D eigenvalue weighted by Gasteiger charge is 2.31. The van der Waals surface area contributed by atoms with Gasteiger partial charge in [0.2, 0.25) is 0 Å². The van der Waals surface area contributed by atoms with Gasteiger partial charge in [0.1, 0.15) is 5.69 Å². The van der Waals surface area contributed by atoms with E-state index in [0.29, 0.717) is 0 Å². The maximum Gasteiger partial charge on any atom is 0.111 e. The van der Waals surface area contributed by atoms with Crippen molar-refractivity contribution in [3.63, 3.8) is 0 Å². The van der Waals surface area contributed by atoms with Gasteiger partial charge in [-0.05, 0) is 102 Å². The highest BCUT2D eigenvalue weighted by Crippen LogP contribution is 2.58. The van der Waals surface area contributed by atoms with Gasteiger partial charge < -0.3 is 0 Å². The lowest BCUT2D eigenvalue weighted by Gasteiger charge is -2.20. The molecule has 0 saturated heterocycles. The maximum atomic E-state index is 4.84. The molecule has 232 valence electrons. The molecule has 0 radical (unpaired) electrons. The van der Waals surface area contributed by atoms with Crippen LogP contribution < -0.4 is 0 Å². The molecule has 3 aromatic heterocycles. The number of hydrogen-bond donors (Lipinski definition) is 0. The van der Waals surface area contributed by atoms with Gasteiger partial charge in [0.25, 0.3) is 0 Å². The predicted octanol–water partition coefficient (Wildman–Crippen LogP) is 11.6. The molecule has 9 aromatic rings. The van der Waals surface area contributed by atoms with Crippen LogP contribution in [0.1, 0.15) is 0 Å². The Kier molecular flexibility index (Phi) is 6.46. The molecule has 4 heteroatoms. The molecule has 0 fully saturated rings. The third-order valence-electron chi connectivity index (χ3n) is 9.80. The Labute approximate surface area is 289 Å². The van der Waals surface area contributed by atoms with Crippen LogP contribution in [-0.4, -0.2) is 20.2 Å². The number of pyridine rings is 2. The van der Waals surface area contributed by atoms with Gasteiger partial charge in [-0.25, -0.2) is 4.98 Å². The molecule has 1 aliphatic carbocycles. The molecule has 0 atom stereocenters. The Morgan fingerprint density at radius 3 is 1.46 bits per heavy atom. The van der Waals surface area contributed by atoms with Crippen molar-refractivity contribution in [2.75, 3.05) is 0 Å². The Bertz CT molecular complexity index is 2630. The Morgan fingerprint density at radius 1 is 0.300 bits per heavy atom. The van der Waals surface area contributed by atoms with Gasteiger partial charge >= 0.3 is 0 Å². The van der Waals surface area contributed by atoms with Crippen molar-refractivity contribution in [2.24, 2.45) is 0 Å². The zero-order valence-corrected chi connectivity index (χ0v) is 27.0. The van der Waals surface area contributed by atoms with Crippen LogP contribution in [0.25, 0.3) is 100 Å². The molecule has 4 nitrogen and oxygen atoms in total. The minimum atomic E-state index is 0.719. The van der Waals surface area contributed by atoms with Gasteiger partial charge in [-0.2, -0.15) is 0 Å². The second-order valence-electron chi connectivity index (χ2n) is 12.6. The normalized spacial score (nSPS) is 11.6. The van der Waals surface area contributed by atoms with Crippen molar-refractivity contribution in [1.82, 2.24) is 20.2 Å². The molecule has 0 aliphatic heterocycles. The van der Waals surface area contributed by atoms with Crippen LogP contribution >= 0.6 is 0 Å². The fraction of sp³-hybridized carbons (Fsp3) is 0. The molecule has 0 saturated carbocycles. The van der Waals surface area contributed by atoms with Gasteiger partial charge in [-0.15, -0.1) is 10.2 Å². The summed E-state index contributed by atoms with van der Waals surface area (Å²) in [7, 11) is 0. The van der Waals surface area contributed by atoms with Crippen LogP contribution in [0.5, 0.6) is 0 Å². The summed E-state index contributed by atoms with van der Waals surface area (Å²) in [4.78, 5) is 9.31. The lowest BCUT2D eigenvalue weighted by molar-refractivity contribution is 1.04. The van der Waals surface area contributed by atoms with E-state index in [2.05, 4.69) is 131 Å². The second kappa shape index (κ2) is 11.4. The minimum Gasteiger partial charge on any atom is -0.255 e. The van der Waals surface area contributed by atoms with E-state index in [1.54, 1.807) is 6.20 Å². The van der Waals surface area contributed by atoms with E-state index in [4.69, 9.17) is 10.1 Å². The van der Waals surface area contributed by atoms with E-state index in [9.17, 15) is 0 Å². The first-order valence-corrected chi connectivity index (χ1v) is 16.8. The maximum absolute atomic E-state index is 4.84. The van der Waals surface area contributed by atoms with Crippen molar-refractivity contribution in [3.8, 4) is 78.5 Å². The van der Waals surface area contributed by atoms with Crippen molar-refractivity contribution in [2.45, 2.75) is 0 Å². The molecule has 0 N–H and O–H groups in total. The first-order valence-electron chi connectivity index (χ1n) is 16.8. The smallest absolute Gasteiger partial charge is 0.111 e. The van der Waals surface area contributed by atoms with Gasteiger partial charge in [-0.1, -0.05) is 127 Å². The number of fused-ring (bicyclic) bond motifs is 4. The highest BCUT2D eigenvalue weighted by molar-refractivity contribution is 6.28. The summed E-state index contributed by atoms with van der Waals surface area (Å²) in [5, 5.41) is 14.4. The summed E-state index contributed by atoms with van der Waals surface area (Å²) in [6.45, 7) is 0. The molecular weight excluding hydrogens is 609 g/mol. The van der Waals surface area contributed by atoms with Crippen LogP contribution in [0.3, 0.4) is 0 Å². The monoisotopic (exact) mass is 636 g/mol. The number of nitrogens with zero attached hydrogens (tertiary/aromatic N) is 4. The van der Waals surface area contributed by atoms with Gasteiger partial charge in [0.05, 0.1) is 22.8 Å². The van der Waals surface area contributed by atoms with E-state index in [0.717, 1.165) is 39.4 Å². The summed E-state index contributed by atoms with van der Waals surface area (Å²) in [5.41, 5.74) is 15.0. The van der Waals surface area contributed by atoms with Crippen molar-refractivity contribution >= 4 is 21.5 Å². The molecule has 1 aliphatic rings. The minimum absolute atomic E-state index is 0.719. The van der Waals surface area contributed by atoms with E-state index >= 15 is 0 Å². The first-order chi connectivity index (χ1) is 24.8. The van der Waals surface area contributed by atoms with Crippen LogP contribution in [0.2, 0.25) is 0 Å². The third-order valence-corrected chi connectivity index (χ3v) is 9.80. The molecule has 0 amide bonds. The summed E-state index contributed by atoms with van der Waals surface area (Å²) in [6.07, 6.45) is 1.78. The van der Waals surface area contributed by atoms with Crippen LogP contribution in [-0.2, 0) is 0 Å². The van der Waals surface area contributed by atoms with Crippen LogP contribution in [0, 0.1) is 0 Å².